The van der Waals surface area contributed by atoms with Crippen LogP contribution in [0.15, 0.2) is 60.7 Å². The Morgan fingerprint density at radius 1 is 1.06 bits per heavy atom. The van der Waals surface area contributed by atoms with E-state index in [1.165, 1.54) is 0 Å². The molecule has 0 saturated carbocycles. The van der Waals surface area contributed by atoms with Crippen LogP contribution in [-0.2, 0) is 4.79 Å². The number of nitrogens with one attached hydrogen (secondary N) is 1. The fourth-order valence-electron chi connectivity index (χ4n) is 2.04. The van der Waals surface area contributed by atoms with Crippen LogP contribution in [0.1, 0.15) is 27.6 Å². The van der Waals surface area contributed by atoms with Gasteiger partial charge in [0.1, 0.15) is 0 Å². The molecule has 0 radical (unpaired) electrons. The highest BCUT2D eigenvalue weighted by Gasteiger charge is 2.16. The van der Waals surface area contributed by atoms with Gasteiger partial charge < -0.3 is 5.32 Å². The summed E-state index contributed by atoms with van der Waals surface area (Å²) in [4.78, 5) is 11.9. The van der Waals surface area contributed by atoms with E-state index in [9.17, 15) is 4.79 Å². The van der Waals surface area contributed by atoms with Gasteiger partial charge >= 0.3 is 0 Å². The molecule has 0 unspecified atom stereocenters. The lowest BCUT2D eigenvalue weighted by atomic mass is 9.88. The second-order valence-corrected chi connectivity index (χ2v) is 4.13. The van der Waals surface area contributed by atoms with Gasteiger partial charge in [0, 0.05) is 23.4 Å². The monoisotopic (exact) mass is 242 g/mol. The van der Waals surface area contributed by atoms with E-state index in [-0.39, 0.29) is 12.3 Å². The molecule has 2 nitrogen and oxygen atoms in total. The third-order valence-corrected chi connectivity index (χ3v) is 2.93. The smallest absolute Gasteiger partial charge is 0.220 e. The first kappa shape index (κ1) is 8.92. The average Bonchev–Trinajstić information content (AvgIpc) is 2.45. The van der Waals surface area contributed by atoms with E-state index >= 15 is 0 Å². The molecule has 1 amide bonds. The standard InChI is InChI=1S/C16H17NO/c1-17-16(18)12-15(13-8-4-2-5-9-13)14-10-6-3-7-11-14/h2-11,15H,12H2,1H3,(H,17,18)/i1D3. The van der Waals surface area contributed by atoms with Crippen molar-refractivity contribution < 1.29 is 8.91 Å². The zero-order valence-electron chi connectivity index (χ0n) is 13.0. The Labute approximate surface area is 112 Å². The number of hydrogen-bond donors (Lipinski definition) is 1. The van der Waals surface area contributed by atoms with Crippen LogP contribution in [0.5, 0.6) is 0 Å². The molecule has 0 aliphatic carbocycles. The Morgan fingerprint density at radius 3 is 2.00 bits per heavy atom. The minimum atomic E-state index is -2.45. The van der Waals surface area contributed by atoms with Gasteiger partial charge in [-0.3, -0.25) is 4.79 Å². The van der Waals surface area contributed by atoms with E-state index < -0.39 is 12.9 Å². The predicted molar refractivity (Wildman–Crippen MR) is 73.4 cm³/mol. The molecule has 0 aliphatic rings. The molecular weight excluding hydrogens is 222 g/mol. The third-order valence-electron chi connectivity index (χ3n) is 2.93. The van der Waals surface area contributed by atoms with Crippen LogP contribution in [0, 0.1) is 0 Å². The summed E-state index contributed by atoms with van der Waals surface area (Å²) in [6, 6.07) is 19.2. The van der Waals surface area contributed by atoms with Crippen LogP contribution in [-0.4, -0.2) is 12.9 Å². The van der Waals surface area contributed by atoms with Gasteiger partial charge in [0.15, 0.2) is 0 Å². The highest BCUT2D eigenvalue weighted by Crippen LogP contribution is 2.27. The Morgan fingerprint density at radius 2 is 1.56 bits per heavy atom. The predicted octanol–water partition coefficient (Wildman–Crippen LogP) is 2.95. The minimum absolute atomic E-state index is 0.104. The van der Waals surface area contributed by atoms with E-state index in [2.05, 4.69) is 5.32 Å². The van der Waals surface area contributed by atoms with Crippen molar-refractivity contribution >= 4 is 5.91 Å². The summed E-state index contributed by atoms with van der Waals surface area (Å²) in [5.41, 5.74) is 1.98. The zero-order chi connectivity index (χ0) is 15.3. The highest BCUT2D eigenvalue weighted by molar-refractivity contribution is 5.77. The second-order valence-electron chi connectivity index (χ2n) is 4.13. The molecule has 2 aromatic rings. The lowest BCUT2D eigenvalue weighted by Crippen LogP contribution is -2.21. The largest absolute Gasteiger partial charge is 0.359 e. The van der Waals surface area contributed by atoms with Gasteiger partial charge in [-0.25, -0.2) is 0 Å². The van der Waals surface area contributed by atoms with Crippen molar-refractivity contribution in [1.29, 1.82) is 0 Å². The maximum absolute atomic E-state index is 11.9. The molecule has 92 valence electrons. The summed E-state index contributed by atoms with van der Waals surface area (Å²) in [7, 11) is 0. The molecule has 2 rings (SSSR count). The summed E-state index contributed by atoms with van der Waals surface area (Å²) < 4.78 is 21.4. The first-order valence-corrected chi connectivity index (χ1v) is 5.86. The van der Waals surface area contributed by atoms with E-state index in [0.717, 1.165) is 11.1 Å². The molecule has 0 heterocycles. The molecular formula is C16H17NO. The van der Waals surface area contributed by atoms with E-state index in [4.69, 9.17) is 4.11 Å². The first-order valence-electron chi connectivity index (χ1n) is 7.36. The Balaban J connectivity index is 2.24. The quantitative estimate of drug-likeness (QED) is 0.877. The summed E-state index contributed by atoms with van der Waals surface area (Å²) >= 11 is 0. The van der Waals surface area contributed by atoms with Crippen molar-refractivity contribution in [1.82, 2.24) is 5.32 Å². The summed E-state index contributed by atoms with van der Waals surface area (Å²) in [6.45, 7) is -2.45. The van der Waals surface area contributed by atoms with Crippen LogP contribution in [0.25, 0.3) is 0 Å². The third kappa shape index (κ3) is 2.98. The van der Waals surface area contributed by atoms with Crippen LogP contribution in [0.3, 0.4) is 0 Å². The van der Waals surface area contributed by atoms with Gasteiger partial charge in [-0.1, -0.05) is 60.7 Å². The molecule has 0 fully saturated rings. The average molecular weight is 242 g/mol. The van der Waals surface area contributed by atoms with Crippen molar-refractivity contribution in [2.24, 2.45) is 0 Å². The number of benzene rings is 2. The molecule has 0 aromatic heterocycles. The molecule has 0 bridgehead atoms. The maximum atomic E-state index is 11.9. The Kier molecular flexibility index (Phi) is 2.98. The van der Waals surface area contributed by atoms with Gasteiger partial charge in [-0.2, -0.15) is 0 Å². The molecule has 0 saturated heterocycles. The lowest BCUT2D eigenvalue weighted by Gasteiger charge is -2.17. The minimum Gasteiger partial charge on any atom is -0.359 e. The number of rotatable bonds is 4. The highest BCUT2D eigenvalue weighted by atomic mass is 16.1. The number of carbonyl (C=O) groups is 1. The van der Waals surface area contributed by atoms with Gasteiger partial charge in [0.05, 0.1) is 0 Å². The van der Waals surface area contributed by atoms with E-state index in [1.807, 2.05) is 60.7 Å². The summed E-state index contributed by atoms with van der Waals surface area (Å²) in [6.07, 6.45) is 0.104. The van der Waals surface area contributed by atoms with Crippen molar-refractivity contribution in [3.8, 4) is 0 Å². The molecule has 0 atom stereocenters. The molecule has 2 aromatic carbocycles. The van der Waals surface area contributed by atoms with Crippen LogP contribution in [0.2, 0.25) is 0 Å². The van der Waals surface area contributed by atoms with Crippen molar-refractivity contribution in [3.05, 3.63) is 71.8 Å². The maximum Gasteiger partial charge on any atom is 0.220 e. The number of amides is 1. The van der Waals surface area contributed by atoms with Crippen molar-refractivity contribution in [2.45, 2.75) is 12.3 Å². The molecule has 0 spiro atoms. The van der Waals surface area contributed by atoms with Gasteiger partial charge in [0.25, 0.3) is 0 Å². The van der Waals surface area contributed by atoms with Crippen molar-refractivity contribution in [2.75, 3.05) is 6.98 Å². The Hall–Kier alpha value is -2.09. The van der Waals surface area contributed by atoms with Gasteiger partial charge in [0.2, 0.25) is 5.91 Å². The van der Waals surface area contributed by atoms with Crippen molar-refractivity contribution in [3.63, 3.8) is 0 Å². The van der Waals surface area contributed by atoms with E-state index in [0.29, 0.717) is 0 Å². The lowest BCUT2D eigenvalue weighted by molar-refractivity contribution is -0.120. The topological polar surface area (TPSA) is 29.1 Å². The molecule has 2 heteroatoms. The van der Waals surface area contributed by atoms with Crippen LogP contribution < -0.4 is 5.32 Å². The Bertz CT molecular complexity index is 542. The number of carbonyl (C=O) groups excluding carboxylic acids is 1. The van der Waals surface area contributed by atoms with Crippen LogP contribution >= 0.6 is 0 Å². The summed E-state index contributed by atoms with van der Waals surface area (Å²) in [5, 5.41) is 2.05. The molecule has 0 aliphatic heterocycles. The normalized spacial score (nSPS) is 13.5. The summed E-state index contributed by atoms with van der Waals surface area (Å²) in [5.74, 6) is -0.637. The van der Waals surface area contributed by atoms with E-state index in [1.54, 1.807) is 0 Å². The molecule has 18 heavy (non-hydrogen) atoms. The van der Waals surface area contributed by atoms with Gasteiger partial charge in [-0.05, 0) is 11.1 Å². The fourth-order valence-corrected chi connectivity index (χ4v) is 2.04. The first-order chi connectivity index (χ1) is 9.96. The number of hydrogen-bond acceptors (Lipinski definition) is 1. The zero-order valence-corrected chi connectivity index (χ0v) is 9.97. The van der Waals surface area contributed by atoms with Crippen LogP contribution in [0.4, 0.5) is 0 Å². The SMILES string of the molecule is [2H]C([2H])([2H])NC(=O)CC(c1ccccc1)c1ccccc1. The van der Waals surface area contributed by atoms with Gasteiger partial charge in [-0.15, -0.1) is 0 Å². The fraction of sp³-hybridized carbons (Fsp3) is 0.188. The second kappa shape index (κ2) is 6.01. The molecule has 1 N–H and O–H groups in total.